The Morgan fingerprint density at radius 1 is 1.07 bits per heavy atom. The van der Waals surface area contributed by atoms with Crippen LogP contribution in [0.25, 0.3) is 22.8 Å². The van der Waals surface area contributed by atoms with Gasteiger partial charge < -0.3 is 14.9 Å². The molecule has 0 spiro atoms. The first-order valence-electron chi connectivity index (χ1n) is 10.7. The van der Waals surface area contributed by atoms with Gasteiger partial charge in [0.25, 0.3) is 5.89 Å². The Labute approximate surface area is 176 Å². The molecular formula is C24H27N3O3. The number of benzene rings is 2. The number of hydrogen-bond acceptors (Lipinski definition) is 5. The van der Waals surface area contributed by atoms with E-state index in [1.807, 2.05) is 30.3 Å². The molecule has 0 amide bonds. The molecule has 156 valence electrons. The number of nitrogens with one attached hydrogen (secondary N) is 1. The van der Waals surface area contributed by atoms with E-state index in [0.717, 1.165) is 16.7 Å². The van der Waals surface area contributed by atoms with Gasteiger partial charge in [-0.05, 0) is 36.0 Å². The molecular weight excluding hydrogens is 378 g/mol. The molecule has 0 bridgehead atoms. The van der Waals surface area contributed by atoms with Crippen LogP contribution in [0.4, 0.5) is 0 Å². The Kier molecular flexibility index (Phi) is 6.54. The highest BCUT2D eigenvalue weighted by atomic mass is 16.5. The highest BCUT2D eigenvalue weighted by molar-refractivity contribution is 5.67. The minimum absolute atomic E-state index is 0.117. The number of rotatable bonds is 8. The second-order valence-electron chi connectivity index (χ2n) is 7.86. The maximum atomic E-state index is 10.6. The second-order valence-corrected chi connectivity index (χ2v) is 7.86. The van der Waals surface area contributed by atoms with Crippen LogP contribution in [-0.4, -0.2) is 27.8 Å². The molecule has 0 atom stereocenters. The van der Waals surface area contributed by atoms with Crippen LogP contribution in [-0.2, 0) is 11.3 Å². The van der Waals surface area contributed by atoms with Gasteiger partial charge in [-0.2, -0.15) is 4.98 Å². The van der Waals surface area contributed by atoms with Gasteiger partial charge in [-0.25, -0.2) is 0 Å². The van der Waals surface area contributed by atoms with Crippen molar-refractivity contribution in [3.63, 3.8) is 0 Å². The highest BCUT2D eigenvalue weighted by Gasteiger charge is 2.21. The molecule has 3 aromatic rings. The molecule has 1 heterocycles. The molecule has 1 aromatic heterocycles. The van der Waals surface area contributed by atoms with E-state index in [1.54, 1.807) is 0 Å². The lowest BCUT2D eigenvalue weighted by atomic mass is 9.82. The number of carboxylic acids is 1. The molecule has 1 aliphatic rings. The van der Waals surface area contributed by atoms with Crippen molar-refractivity contribution in [2.75, 3.05) is 6.54 Å². The third kappa shape index (κ3) is 4.94. The lowest BCUT2D eigenvalue weighted by Gasteiger charge is -2.23. The van der Waals surface area contributed by atoms with Crippen LogP contribution in [0.1, 0.15) is 55.6 Å². The summed E-state index contributed by atoms with van der Waals surface area (Å²) in [6, 6.07) is 16.3. The minimum Gasteiger partial charge on any atom is -0.481 e. The molecule has 4 rings (SSSR count). The molecule has 0 saturated heterocycles. The van der Waals surface area contributed by atoms with Crippen molar-refractivity contribution in [2.24, 2.45) is 0 Å². The monoisotopic (exact) mass is 405 g/mol. The lowest BCUT2D eigenvalue weighted by molar-refractivity contribution is -0.136. The third-order valence-corrected chi connectivity index (χ3v) is 5.72. The largest absolute Gasteiger partial charge is 0.481 e. The fraction of sp³-hybridized carbons (Fsp3) is 0.375. The van der Waals surface area contributed by atoms with E-state index in [0.29, 0.717) is 30.7 Å². The number of aliphatic carboxylic acids is 1. The quantitative estimate of drug-likeness (QED) is 0.512. The first-order chi connectivity index (χ1) is 14.7. The Bertz CT molecular complexity index is 975. The van der Waals surface area contributed by atoms with E-state index in [4.69, 9.17) is 9.63 Å². The van der Waals surface area contributed by atoms with E-state index in [2.05, 4.69) is 33.7 Å². The van der Waals surface area contributed by atoms with Gasteiger partial charge in [-0.3, -0.25) is 4.79 Å². The van der Waals surface area contributed by atoms with Crippen molar-refractivity contribution < 1.29 is 14.4 Å². The van der Waals surface area contributed by atoms with Crippen LogP contribution < -0.4 is 5.32 Å². The molecule has 6 nitrogen and oxygen atoms in total. The standard InChI is InChI=1S/C24H27N3O3/c28-22(29)14-15-25-16-17-10-12-19(13-11-17)23-26-24(30-27-23)21-9-5-4-8-20(21)18-6-2-1-3-7-18/h4-5,8-13,18,25H,1-3,6-7,14-16H2,(H,28,29). The summed E-state index contributed by atoms with van der Waals surface area (Å²) in [4.78, 5) is 15.2. The van der Waals surface area contributed by atoms with Crippen LogP contribution in [0.3, 0.4) is 0 Å². The van der Waals surface area contributed by atoms with Gasteiger partial charge in [0.2, 0.25) is 5.82 Å². The van der Waals surface area contributed by atoms with Crippen molar-refractivity contribution in [1.82, 2.24) is 15.5 Å². The van der Waals surface area contributed by atoms with Crippen LogP contribution in [0, 0.1) is 0 Å². The Hall–Kier alpha value is -2.99. The number of aromatic nitrogens is 2. The van der Waals surface area contributed by atoms with Crippen molar-refractivity contribution in [3.05, 3.63) is 59.7 Å². The number of carbonyl (C=O) groups is 1. The zero-order chi connectivity index (χ0) is 20.8. The van der Waals surface area contributed by atoms with Gasteiger partial charge >= 0.3 is 5.97 Å². The molecule has 6 heteroatoms. The summed E-state index contributed by atoms with van der Waals surface area (Å²) in [6.07, 6.45) is 6.46. The summed E-state index contributed by atoms with van der Waals surface area (Å²) in [6.45, 7) is 1.07. The second kappa shape index (κ2) is 9.67. The van der Waals surface area contributed by atoms with Crippen LogP contribution in [0.5, 0.6) is 0 Å². The third-order valence-electron chi connectivity index (χ3n) is 5.72. The van der Waals surface area contributed by atoms with Crippen molar-refractivity contribution >= 4 is 5.97 Å². The Morgan fingerprint density at radius 3 is 2.60 bits per heavy atom. The van der Waals surface area contributed by atoms with Crippen molar-refractivity contribution in [1.29, 1.82) is 0 Å². The highest BCUT2D eigenvalue weighted by Crippen LogP contribution is 2.37. The van der Waals surface area contributed by atoms with Crippen LogP contribution >= 0.6 is 0 Å². The molecule has 0 radical (unpaired) electrons. The fourth-order valence-corrected chi connectivity index (χ4v) is 4.11. The van der Waals surface area contributed by atoms with Gasteiger partial charge in [0, 0.05) is 24.2 Å². The van der Waals surface area contributed by atoms with Crippen molar-refractivity contribution in [3.8, 4) is 22.8 Å². The topological polar surface area (TPSA) is 88.2 Å². The summed E-state index contributed by atoms with van der Waals surface area (Å²) < 4.78 is 5.64. The van der Waals surface area contributed by atoms with E-state index in [9.17, 15) is 4.79 Å². The minimum atomic E-state index is -0.796. The lowest BCUT2D eigenvalue weighted by Crippen LogP contribution is -2.17. The van der Waals surface area contributed by atoms with Gasteiger partial charge in [0.15, 0.2) is 0 Å². The summed E-state index contributed by atoms with van der Waals surface area (Å²) >= 11 is 0. The van der Waals surface area contributed by atoms with Crippen LogP contribution in [0.2, 0.25) is 0 Å². The zero-order valence-electron chi connectivity index (χ0n) is 17.0. The van der Waals surface area contributed by atoms with Gasteiger partial charge in [-0.1, -0.05) is 66.9 Å². The Balaban J connectivity index is 1.46. The molecule has 0 unspecified atom stereocenters. The molecule has 1 aliphatic carbocycles. The van der Waals surface area contributed by atoms with Crippen LogP contribution in [0.15, 0.2) is 53.1 Å². The molecule has 1 fully saturated rings. The SMILES string of the molecule is O=C(O)CCNCc1ccc(-c2noc(-c3ccccc3C3CCCCC3)n2)cc1. The Morgan fingerprint density at radius 2 is 1.83 bits per heavy atom. The maximum Gasteiger partial charge on any atom is 0.304 e. The molecule has 30 heavy (non-hydrogen) atoms. The summed E-state index contributed by atoms with van der Waals surface area (Å²) in [7, 11) is 0. The average Bonchev–Trinajstić information content (AvgIpc) is 3.28. The molecule has 0 aliphatic heterocycles. The number of carboxylic acid groups (broad SMARTS) is 1. The van der Waals surface area contributed by atoms with Gasteiger partial charge in [-0.15, -0.1) is 0 Å². The average molecular weight is 405 g/mol. The summed E-state index contributed by atoms with van der Waals surface area (Å²) in [5.74, 6) is 0.924. The van der Waals surface area contributed by atoms with E-state index < -0.39 is 5.97 Å². The first kappa shape index (κ1) is 20.3. The molecule has 2 N–H and O–H groups in total. The number of hydrogen-bond donors (Lipinski definition) is 2. The molecule has 2 aromatic carbocycles. The number of nitrogens with zero attached hydrogens (tertiary/aromatic N) is 2. The summed E-state index contributed by atoms with van der Waals surface area (Å²) in [5, 5.41) is 16.0. The fourth-order valence-electron chi connectivity index (χ4n) is 4.11. The maximum absolute atomic E-state index is 10.6. The van der Waals surface area contributed by atoms with E-state index in [-0.39, 0.29) is 6.42 Å². The van der Waals surface area contributed by atoms with E-state index in [1.165, 1.54) is 37.7 Å². The normalized spacial score (nSPS) is 14.7. The predicted octanol–water partition coefficient (Wildman–Crippen LogP) is 5.02. The summed E-state index contributed by atoms with van der Waals surface area (Å²) in [5.41, 5.74) is 4.34. The molecule has 1 saturated carbocycles. The van der Waals surface area contributed by atoms with Gasteiger partial charge in [0.1, 0.15) is 0 Å². The van der Waals surface area contributed by atoms with Gasteiger partial charge in [0.05, 0.1) is 6.42 Å². The van der Waals surface area contributed by atoms with Crippen molar-refractivity contribution in [2.45, 2.75) is 51.0 Å². The zero-order valence-corrected chi connectivity index (χ0v) is 17.0. The predicted molar refractivity (Wildman–Crippen MR) is 115 cm³/mol. The smallest absolute Gasteiger partial charge is 0.304 e. The first-order valence-corrected chi connectivity index (χ1v) is 10.7. The van der Waals surface area contributed by atoms with E-state index >= 15 is 0 Å².